The molecule has 2 aromatic rings. The van der Waals surface area contributed by atoms with Gasteiger partial charge in [-0.3, -0.25) is 9.58 Å². The fourth-order valence-electron chi connectivity index (χ4n) is 2.03. The van der Waals surface area contributed by atoms with E-state index in [9.17, 15) is 5.11 Å². The molecule has 0 saturated heterocycles. The molecule has 1 N–H and O–H groups in total. The minimum absolute atomic E-state index is 0.356. The van der Waals surface area contributed by atoms with Gasteiger partial charge in [-0.25, -0.2) is 0 Å². The van der Waals surface area contributed by atoms with Crippen molar-refractivity contribution in [3.8, 4) is 0 Å². The summed E-state index contributed by atoms with van der Waals surface area (Å²) in [5, 5.41) is 16.1. The van der Waals surface area contributed by atoms with Crippen molar-refractivity contribution < 1.29 is 9.84 Å². The van der Waals surface area contributed by atoms with Crippen LogP contribution in [0.2, 0.25) is 0 Å². The number of aryl methyl sites for hydroxylation is 1. The summed E-state index contributed by atoms with van der Waals surface area (Å²) in [6, 6.07) is 4.03. The van der Waals surface area contributed by atoms with Gasteiger partial charge in [-0.1, -0.05) is 6.07 Å². The van der Waals surface area contributed by atoms with E-state index in [1.165, 1.54) is 4.88 Å². The van der Waals surface area contributed by atoms with Crippen molar-refractivity contribution in [1.82, 2.24) is 14.7 Å². The molecule has 0 fully saturated rings. The third kappa shape index (κ3) is 5.05. The van der Waals surface area contributed by atoms with Crippen molar-refractivity contribution >= 4 is 11.3 Å². The van der Waals surface area contributed by atoms with Crippen molar-refractivity contribution in [2.24, 2.45) is 7.05 Å². The summed E-state index contributed by atoms with van der Waals surface area (Å²) in [5.41, 5.74) is 1.14. The summed E-state index contributed by atoms with van der Waals surface area (Å²) in [6.07, 6.45) is 3.35. The molecule has 5 nitrogen and oxygen atoms in total. The zero-order valence-electron chi connectivity index (χ0n) is 11.9. The summed E-state index contributed by atoms with van der Waals surface area (Å²) in [5.74, 6) is 0. The van der Waals surface area contributed by atoms with Crippen molar-refractivity contribution in [1.29, 1.82) is 0 Å². The Hall–Kier alpha value is -1.21. The first-order chi connectivity index (χ1) is 9.63. The van der Waals surface area contributed by atoms with Crippen LogP contribution >= 0.6 is 11.3 Å². The Morgan fingerprint density at radius 3 is 3.05 bits per heavy atom. The molecule has 20 heavy (non-hydrogen) atoms. The minimum Gasteiger partial charge on any atom is -0.389 e. The molecule has 6 heteroatoms. The highest BCUT2D eigenvalue weighted by Gasteiger charge is 2.10. The summed E-state index contributed by atoms with van der Waals surface area (Å²) >= 11 is 1.67. The van der Waals surface area contributed by atoms with E-state index in [0.29, 0.717) is 19.8 Å². The second-order valence-electron chi connectivity index (χ2n) is 4.97. The average Bonchev–Trinajstić information content (AvgIpc) is 3.01. The third-order valence-corrected chi connectivity index (χ3v) is 3.72. The normalized spacial score (nSPS) is 13.0. The zero-order valence-corrected chi connectivity index (χ0v) is 12.7. The Morgan fingerprint density at radius 2 is 2.40 bits per heavy atom. The zero-order chi connectivity index (χ0) is 14.4. The number of nitrogens with zero attached hydrogens (tertiary/aromatic N) is 3. The molecule has 0 aliphatic heterocycles. The van der Waals surface area contributed by atoms with Crippen molar-refractivity contribution in [2.45, 2.75) is 19.3 Å². The first-order valence-corrected chi connectivity index (χ1v) is 7.45. The number of hydrogen-bond donors (Lipinski definition) is 1. The van der Waals surface area contributed by atoms with Crippen LogP contribution in [0, 0.1) is 0 Å². The molecule has 2 rings (SSSR count). The van der Waals surface area contributed by atoms with Crippen molar-refractivity contribution in [3.63, 3.8) is 0 Å². The van der Waals surface area contributed by atoms with E-state index in [-0.39, 0.29) is 0 Å². The predicted molar refractivity (Wildman–Crippen MR) is 79.5 cm³/mol. The number of aliphatic hydroxyl groups is 1. The molecule has 0 aliphatic carbocycles. The molecule has 1 unspecified atom stereocenters. The van der Waals surface area contributed by atoms with Crippen LogP contribution in [0.25, 0.3) is 0 Å². The number of ether oxygens (including phenoxy) is 1. The number of aromatic nitrogens is 2. The molecule has 0 spiro atoms. The van der Waals surface area contributed by atoms with E-state index in [2.05, 4.69) is 10.00 Å². The maximum absolute atomic E-state index is 9.95. The first-order valence-electron chi connectivity index (χ1n) is 6.57. The summed E-state index contributed by atoms with van der Waals surface area (Å²) in [6.45, 7) is 2.28. The Balaban J connectivity index is 1.64. The van der Waals surface area contributed by atoms with Gasteiger partial charge in [0.1, 0.15) is 0 Å². The standard InChI is InChI=1S/C14H21N3O2S/c1-16(7-12-6-15-17(2)8-12)9-13(18)10-19-11-14-4-3-5-20-14/h3-6,8,13,18H,7,9-11H2,1-2H3. The Bertz CT molecular complexity index is 498. The molecule has 0 amide bonds. The monoisotopic (exact) mass is 295 g/mol. The van der Waals surface area contributed by atoms with Crippen LogP contribution in [0.15, 0.2) is 29.9 Å². The van der Waals surface area contributed by atoms with Gasteiger partial charge in [0, 0.05) is 36.8 Å². The number of thiophene rings is 1. The highest BCUT2D eigenvalue weighted by Crippen LogP contribution is 2.10. The van der Waals surface area contributed by atoms with Gasteiger partial charge in [-0.2, -0.15) is 5.10 Å². The van der Waals surface area contributed by atoms with Gasteiger partial charge >= 0.3 is 0 Å². The Kier molecular flexibility index (Phi) is 5.72. The highest BCUT2D eigenvalue weighted by atomic mass is 32.1. The van der Waals surface area contributed by atoms with E-state index in [1.54, 1.807) is 16.0 Å². The minimum atomic E-state index is -0.475. The summed E-state index contributed by atoms with van der Waals surface area (Å²) in [7, 11) is 3.88. The van der Waals surface area contributed by atoms with Crippen LogP contribution in [0.1, 0.15) is 10.4 Å². The molecule has 0 radical (unpaired) electrons. The molecule has 1 atom stereocenters. The van der Waals surface area contributed by atoms with Gasteiger partial charge in [0.2, 0.25) is 0 Å². The molecule has 0 aliphatic rings. The maximum Gasteiger partial charge on any atom is 0.0900 e. The third-order valence-electron chi connectivity index (χ3n) is 2.87. The van der Waals surface area contributed by atoms with Crippen LogP contribution in [0.5, 0.6) is 0 Å². The SMILES string of the molecule is CN(Cc1cnn(C)c1)CC(O)COCc1cccs1. The topological polar surface area (TPSA) is 50.5 Å². The van der Waals surface area contributed by atoms with Crippen LogP contribution < -0.4 is 0 Å². The van der Waals surface area contributed by atoms with Crippen LogP contribution in [0.4, 0.5) is 0 Å². The fourth-order valence-corrected chi connectivity index (χ4v) is 2.67. The van der Waals surface area contributed by atoms with E-state index in [0.717, 1.165) is 12.1 Å². The lowest BCUT2D eigenvalue weighted by Crippen LogP contribution is -2.31. The van der Waals surface area contributed by atoms with Crippen molar-refractivity contribution in [3.05, 3.63) is 40.3 Å². The summed E-state index contributed by atoms with van der Waals surface area (Å²) < 4.78 is 7.29. The van der Waals surface area contributed by atoms with E-state index >= 15 is 0 Å². The molecule has 0 aromatic carbocycles. The lowest BCUT2D eigenvalue weighted by molar-refractivity contribution is 0.0135. The van der Waals surface area contributed by atoms with E-state index in [1.807, 2.05) is 44.0 Å². The number of likely N-dealkylation sites (N-methyl/N-ethyl adjacent to an activating group) is 1. The second kappa shape index (κ2) is 7.54. The molecule has 2 heterocycles. The van der Waals surface area contributed by atoms with Crippen LogP contribution in [0.3, 0.4) is 0 Å². The van der Waals surface area contributed by atoms with Gasteiger partial charge in [-0.05, 0) is 18.5 Å². The number of rotatable bonds is 8. The highest BCUT2D eigenvalue weighted by molar-refractivity contribution is 7.09. The smallest absolute Gasteiger partial charge is 0.0900 e. The lowest BCUT2D eigenvalue weighted by atomic mass is 10.3. The van der Waals surface area contributed by atoms with Gasteiger partial charge in [0.25, 0.3) is 0 Å². The van der Waals surface area contributed by atoms with Crippen molar-refractivity contribution in [2.75, 3.05) is 20.2 Å². The van der Waals surface area contributed by atoms with Gasteiger partial charge < -0.3 is 9.84 Å². The molecule has 0 saturated carbocycles. The van der Waals surface area contributed by atoms with Crippen LogP contribution in [-0.2, 0) is 24.9 Å². The molecular formula is C14H21N3O2S. The molecule has 110 valence electrons. The molecule has 0 bridgehead atoms. The fraction of sp³-hybridized carbons (Fsp3) is 0.500. The van der Waals surface area contributed by atoms with E-state index < -0.39 is 6.10 Å². The lowest BCUT2D eigenvalue weighted by Gasteiger charge is -2.19. The number of hydrogen-bond acceptors (Lipinski definition) is 5. The van der Waals surface area contributed by atoms with Gasteiger partial charge in [0.15, 0.2) is 0 Å². The van der Waals surface area contributed by atoms with Gasteiger partial charge in [0.05, 0.1) is 25.5 Å². The first kappa shape index (κ1) is 15.2. The number of aliphatic hydroxyl groups excluding tert-OH is 1. The predicted octanol–water partition coefficient (Wildman–Crippen LogP) is 1.49. The molecular weight excluding hydrogens is 274 g/mol. The Morgan fingerprint density at radius 1 is 1.55 bits per heavy atom. The Labute approximate surface area is 123 Å². The second-order valence-corrected chi connectivity index (χ2v) is 6.00. The van der Waals surface area contributed by atoms with E-state index in [4.69, 9.17) is 4.74 Å². The van der Waals surface area contributed by atoms with Crippen LogP contribution in [-0.4, -0.2) is 46.1 Å². The largest absolute Gasteiger partial charge is 0.389 e. The summed E-state index contributed by atoms with van der Waals surface area (Å²) in [4.78, 5) is 3.25. The molecule has 2 aromatic heterocycles. The van der Waals surface area contributed by atoms with Gasteiger partial charge in [-0.15, -0.1) is 11.3 Å². The quantitative estimate of drug-likeness (QED) is 0.802. The average molecular weight is 295 g/mol. The maximum atomic E-state index is 9.95.